The van der Waals surface area contributed by atoms with E-state index in [0.29, 0.717) is 17.1 Å². The summed E-state index contributed by atoms with van der Waals surface area (Å²) < 4.78 is 40.2. The first-order chi connectivity index (χ1) is 16.4. The predicted octanol–water partition coefficient (Wildman–Crippen LogP) is 5.14. The lowest BCUT2D eigenvalue weighted by Gasteiger charge is -2.39. The normalized spacial score (nSPS) is 22.0. The van der Waals surface area contributed by atoms with E-state index in [9.17, 15) is 18.5 Å². The van der Waals surface area contributed by atoms with Crippen LogP contribution in [-0.4, -0.2) is 49.2 Å². The Morgan fingerprint density at radius 3 is 2.69 bits per heavy atom. The molecule has 1 aliphatic heterocycles. The van der Waals surface area contributed by atoms with E-state index in [4.69, 9.17) is 11.6 Å². The van der Waals surface area contributed by atoms with Crippen LogP contribution >= 0.6 is 23.5 Å². The van der Waals surface area contributed by atoms with Gasteiger partial charge in [0.2, 0.25) is 0 Å². The zero-order valence-corrected chi connectivity index (χ0v) is 22.1. The molecule has 2 aromatic carbocycles. The smallest absolute Gasteiger partial charge is 0.258 e. The molecule has 0 unspecified atom stereocenters. The molecule has 1 heterocycles. The van der Waals surface area contributed by atoms with Gasteiger partial charge in [-0.05, 0) is 55.6 Å². The number of hydrogen-bond acceptors (Lipinski definition) is 6. The maximum absolute atomic E-state index is 15.6. The quantitative estimate of drug-likeness (QED) is 0.494. The Labute approximate surface area is 215 Å². The Morgan fingerprint density at radius 1 is 1.34 bits per heavy atom. The SMILES string of the molecule is C[C@H](/C=C\S(C)(=O)=O)NC(=O)[C@]1(F)CCN(Sc2ccc(C#N)cc2-c2ccccc2Cl)[C@H](C)C1. The van der Waals surface area contributed by atoms with Gasteiger partial charge in [0.15, 0.2) is 15.5 Å². The first kappa shape index (κ1) is 27.2. The van der Waals surface area contributed by atoms with Crippen LogP contribution in [0, 0.1) is 11.3 Å². The number of halogens is 2. The van der Waals surface area contributed by atoms with Gasteiger partial charge in [-0.3, -0.25) is 4.79 Å². The molecule has 0 aromatic heterocycles. The summed E-state index contributed by atoms with van der Waals surface area (Å²) in [6, 6.07) is 14.0. The Balaban J connectivity index is 1.74. The molecule has 1 N–H and O–H groups in total. The first-order valence-electron chi connectivity index (χ1n) is 11.0. The zero-order valence-electron chi connectivity index (χ0n) is 19.7. The lowest BCUT2D eigenvalue weighted by molar-refractivity contribution is -0.136. The molecule has 0 bridgehead atoms. The summed E-state index contributed by atoms with van der Waals surface area (Å²) in [6.07, 6.45) is 2.36. The number of piperidine rings is 1. The molecule has 0 saturated carbocycles. The van der Waals surface area contributed by atoms with E-state index in [1.165, 1.54) is 18.0 Å². The zero-order chi connectivity index (χ0) is 25.8. The van der Waals surface area contributed by atoms with E-state index in [1.54, 1.807) is 25.1 Å². The molecular weight excluding hydrogens is 509 g/mol. The molecule has 3 atom stereocenters. The van der Waals surface area contributed by atoms with Gasteiger partial charge < -0.3 is 5.32 Å². The fourth-order valence-electron chi connectivity index (χ4n) is 3.86. The minimum absolute atomic E-state index is 0.00358. The van der Waals surface area contributed by atoms with E-state index >= 15 is 4.39 Å². The van der Waals surface area contributed by atoms with Crippen molar-refractivity contribution in [3.05, 3.63) is 64.5 Å². The number of carbonyl (C=O) groups is 1. The average molecular weight is 536 g/mol. The third-order valence-corrected chi connectivity index (χ3v) is 8.02. The molecule has 6 nitrogen and oxygen atoms in total. The van der Waals surface area contributed by atoms with Gasteiger partial charge in [0.05, 0.1) is 11.6 Å². The second-order valence-corrected chi connectivity index (χ2v) is 12.2. The fourth-order valence-corrected chi connectivity index (χ4v) is 5.71. The minimum Gasteiger partial charge on any atom is -0.347 e. The molecule has 3 rings (SSSR count). The Bertz CT molecular complexity index is 1280. The van der Waals surface area contributed by atoms with Crippen LogP contribution in [0.25, 0.3) is 11.1 Å². The number of benzene rings is 2. The van der Waals surface area contributed by atoms with Gasteiger partial charge in [0.1, 0.15) is 0 Å². The van der Waals surface area contributed by atoms with Gasteiger partial charge >= 0.3 is 0 Å². The molecule has 0 spiro atoms. The molecule has 1 fully saturated rings. The average Bonchev–Trinajstić information content (AvgIpc) is 2.80. The van der Waals surface area contributed by atoms with Crippen molar-refractivity contribution in [2.24, 2.45) is 0 Å². The molecule has 1 saturated heterocycles. The van der Waals surface area contributed by atoms with Gasteiger partial charge in [-0.2, -0.15) is 5.26 Å². The number of rotatable bonds is 7. The largest absolute Gasteiger partial charge is 0.347 e. The lowest BCUT2D eigenvalue weighted by atomic mass is 9.89. The Hall–Kier alpha value is -2.38. The summed E-state index contributed by atoms with van der Waals surface area (Å²) in [5.74, 6) is -0.741. The van der Waals surface area contributed by atoms with Crippen LogP contribution in [0.4, 0.5) is 4.39 Å². The van der Waals surface area contributed by atoms with E-state index in [1.807, 2.05) is 35.5 Å². The van der Waals surface area contributed by atoms with E-state index in [2.05, 4.69) is 11.4 Å². The van der Waals surface area contributed by atoms with E-state index in [-0.39, 0.29) is 18.9 Å². The van der Waals surface area contributed by atoms with Crippen molar-refractivity contribution in [1.82, 2.24) is 9.62 Å². The number of alkyl halides is 1. The second-order valence-electron chi connectivity index (χ2n) is 8.72. The molecule has 0 aliphatic carbocycles. The van der Waals surface area contributed by atoms with Gasteiger partial charge in [-0.1, -0.05) is 35.9 Å². The highest BCUT2D eigenvalue weighted by molar-refractivity contribution is 7.97. The Kier molecular flexibility index (Phi) is 8.65. The third-order valence-electron chi connectivity index (χ3n) is 5.71. The van der Waals surface area contributed by atoms with Gasteiger partial charge in [-0.15, -0.1) is 0 Å². The third kappa shape index (κ3) is 7.07. The summed E-state index contributed by atoms with van der Waals surface area (Å²) in [7, 11) is -3.33. The van der Waals surface area contributed by atoms with Crippen molar-refractivity contribution >= 4 is 39.3 Å². The molecule has 1 amide bonds. The van der Waals surface area contributed by atoms with Crippen LogP contribution in [0.2, 0.25) is 5.02 Å². The van der Waals surface area contributed by atoms with Crippen LogP contribution in [0.15, 0.2) is 58.8 Å². The molecule has 2 aromatic rings. The van der Waals surface area contributed by atoms with Gasteiger partial charge in [0.25, 0.3) is 5.91 Å². The second kappa shape index (κ2) is 11.1. The monoisotopic (exact) mass is 535 g/mol. The van der Waals surface area contributed by atoms with Crippen molar-refractivity contribution in [3.8, 4) is 17.2 Å². The number of sulfone groups is 1. The fraction of sp³-hybridized carbons (Fsp3) is 0.360. The number of amides is 1. The summed E-state index contributed by atoms with van der Waals surface area (Å²) in [5, 5.41) is 13.5. The number of nitrogens with one attached hydrogen (secondary N) is 1. The standard InChI is InChI=1S/C25H27ClFN3O3S2/c1-17(10-13-35(3,32)33)29-24(31)25(27)11-12-30(18(2)15-25)34-23-9-8-19(16-28)14-21(23)20-6-4-5-7-22(20)26/h4-10,13-14,17-18H,11-12,15H2,1-3H3,(H,29,31)/b13-10-/t17-,18-,25+/m1/s1. The Morgan fingerprint density at radius 2 is 2.06 bits per heavy atom. The maximum Gasteiger partial charge on any atom is 0.258 e. The molecule has 186 valence electrons. The summed E-state index contributed by atoms with van der Waals surface area (Å²) >= 11 is 7.87. The lowest BCUT2D eigenvalue weighted by Crippen LogP contribution is -2.53. The number of nitrogens with zero attached hydrogens (tertiary/aromatic N) is 2. The van der Waals surface area contributed by atoms with Crippen molar-refractivity contribution in [1.29, 1.82) is 5.26 Å². The first-order valence-corrected chi connectivity index (χ1v) is 14.1. The summed E-state index contributed by atoms with van der Waals surface area (Å²) in [4.78, 5) is 13.5. The van der Waals surface area contributed by atoms with Gasteiger partial charge in [0, 0.05) is 58.6 Å². The topological polar surface area (TPSA) is 90.3 Å². The van der Waals surface area contributed by atoms with Crippen LogP contribution in [0.1, 0.15) is 32.3 Å². The summed E-state index contributed by atoms with van der Waals surface area (Å²) in [5.41, 5.74) is 0.0660. The molecule has 35 heavy (non-hydrogen) atoms. The van der Waals surface area contributed by atoms with Crippen molar-refractivity contribution in [2.75, 3.05) is 12.8 Å². The van der Waals surface area contributed by atoms with Crippen LogP contribution in [0.5, 0.6) is 0 Å². The van der Waals surface area contributed by atoms with Crippen LogP contribution in [0.3, 0.4) is 0 Å². The highest BCUT2D eigenvalue weighted by Crippen LogP contribution is 2.41. The van der Waals surface area contributed by atoms with Crippen molar-refractivity contribution < 1.29 is 17.6 Å². The molecular formula is C25H27ClFN3O3S2. The van der Waals surface area contributed by atoms with Gasteiger partial charge in [-0.25, -0.2) is 17.1 Å². The van der Waals surface area contributed by atoms with E-state index < -0.39 is 27.5 Å². The highest BCUT2D eigenvalue weighted by atomic mass is 35.5. The number of hydrogen-bond donors (Lipinski definition) is 1. The minimum atomic E-state index is -3.33. The number of nitriles is 1. The van der Waals surface area contributed by atoms with Crippen LogP contribution < -0.4 is 5.32 Å². The number of carbonyl (C=O) groups excluding carboxylic acids is 1. The highest BCUT2D eigenvalue weighted by Gasteiger charge is 2.45. The molecule has 10 heteroatoms. The van der Waals surface area contributed by atoms with Crippen molar-refractivity contribution in [3.63, 3.8) is 0 Å². The van der Waals surface area contributed by atoms with E-state index in [0.717, 1.165) is 27.7 Å². The van der Waals surface area contributed by atoms with Crippen molar-refractivity contribution in [2.45, 2.75) is 49.3 Å². The predicted molar refractivity (Wildman–Crippen MR) is 138 cm³/mol. The van der Waals surface area contributed by atoms with Crippen LogP contribution in [-0.2, 0) is 14.6 Å². The molecule has 1 aliphatic rings. The molecule has 0 radical (unpaired) electrons. The summed E-state index contributed by atoms with van der Waals surface area (Å²) in [6.45, 7) is 3.78. The maximum atomic E-state index is 15.6.